The molecule has 0 unspecified atom stereocenters. The van der Waals surface area contributed by atoms with E-state index in [1.54, 1.807) is 6.07 Å². The predicted molar refractivity (Wildman–Crippen MR) is 135 cm³/mol. The number of aryl methyl sites for hydroxylation is 1. The van der Waals surface area contributed by atoms with Crippen LogP contribution in [0.25, 0.3) is 11.0 Å². The second-order valence-electron chi connectivity index (χ2n) is 7.83. The zero-order chi connectivity index (χ0) is 23.9. The maximum Gasteiger partial charge on any atom is 0.262 e. The molecule has 0 bridgehead atoms. The molecule has 0 saturated carbocycles. The van der Waals surface area contributed by atoms with Crippen LogP contribution in [-0.2, 0) is 17.9 Å². The number of nitrogens with zero attached hydrogens (tertiary/aromatic N) is 1. The van der Waals surface area contributed by atoms with Crippen LogP contribution in [0.3, 0.4) is 0 Å². The topological polar surface area (TPSA) is 88.3 Å². The molecule has 1 amide bonds. The molecule has 4 rings (SSSR count). The molecule has 4 aromatic rings. The number of carbonyl (C=O) groups excluding carboxylic acids is 1. The summed E-state index contributed by atoms with van der Waals surface area (Å²) in [5, 5.41) is 6.69. The summed E-state index contributed by atoms with van der Waals surface area (Å²) in [6.45, 7) is 5.26. The highest BCUT2D eigenvalue weighted by molar-refractivity contribution is 6.31. The number of anilines is 1. The quantitative estimate of drug-likeness (QED) is 0.290. The number of para-hydroxylation sites is 2. The Balaban J connectivity index is 1.37. The van der Waals surface area contributed by atoms with Crippen molar-refractivity contribution in [2.75, 3.05) is 18.5 Å². The Bertz CT molecular complexity index is 1240. The SMILES string of the molecule is CCOc1cc(CNCc2nc3ccccc3[nH]2)c(Cl)cc1OCC(=O)Nc1ccc(C)cc1. The molecule has 7 nitrogen and oxygen atoms in total. The molecule has 0 aliphatic carbocycles. The van der Waals surface area contributed by atoms with Gasteiger partial charge in [-0.1, -0.05) is 41.4 Å². The maximum absolute atomic E-state index is 12.3. The number of nitrogens with one attached hydrogen (secondary N) is 3. The Morgan fingerprint density at radius 3 is 2.56 bits per heavy atom. The number of benzene rings is 3. The van der Waals surface area contributed by atoms with Gasteiger partial charge in [-0.15, -0.1) is 0 Å². The molecule has 1 aromatic heterocycles. The van der Waals surface area contributed by atoms with E-state index in [1.807, 2.05) is 68.4 Å². The molecular weight excluding hydrogens is 452 g/mol. The molecule has 3 N–H and O–H groups in total. The van der Waals surface area contributed by atoms with Crippen LogP contribution in [0.15, 0.2) is 60.7 Å². The number of hydrogen-bond donors (Lipinski definition) is 3. The summed E-state index contributed by atoms with van der Waals surface area (Å²) >= 11 is 6.51. The van der Waals surface area contributed by atoms with E-state index in [0.29, 0.717) is 41.9 Å². The molecule has 8 heteroatoms. The number of fused-ring (bicyclic) bond motifs is 1. The summed E-state index contributed by atoms with van der Waals surface area (Å²) in [6.07, 6.45) is 0. The maximum atomic E-state index is 12.3. The first-order valence-electron chi connectivity index (χ1n) is 11.1. The highest BCUT2D eigenvalue weighted by Gasteiger charge is 2.13. The second kappa shape index (κ2) is 11.0. The van der Waals surface area contributed by atoms with E-state index in [1.165, 1.54) is 0 Å². The first-order valence-corrected chi connectivity index (χ1v) is 11.5. The fraction of sp³-hybridized carbons (Fsp3) is 0.231. The van der Waals surface area contributed by atoms with Gasteiger partial charge in [0, 0.05) is 23.3 Å². The highest BCUT2D eigenvalue weighted by atomic mass is 35.5. The van der Waals surface area contributed by atoms with Gasteiger partial charge in [0.15, 0.2) is 18.1 Å². The van der Waals surface area contributed by atoms with Gasteiger partial charge in [-0.2, -0.15) is 0 Å². The van der Waals surface area contributed by atoms with Crippen LogP contribution in [0.1, 0.15) is 23.9 Å². The Labute approximate surface area is 203 Å². The number of H-pyrrole nitrogens is 1. The third-order valence-corrected chi connectivity index (χ3v) is 5.50. The molecule has 176 valence electrons. The summed E-state index contributed by atoms with van der Waals surface area (Å²) in [5.41, 5.74) is 4.64. The number of ether oxygens (including phenoxy) is 2. The lowest BCUT2D eigenvalue weighted by Gasteiger charge is -2.15. The number of imidazole rings is 1. The van der Waals surface area contributed by atoms with Crippen molar-refractivity contribution in [1.82, 2.24) is 15.3 Å². The molecule has 0 radical (unpaired) electrons. The monoisotopic (exact) mass is 478 g/mol. The van der Waals surface area contributed by atoms with Crippen LogP contribution < -0.4 is 20.1 Å². The van der Waals surface area contributed by atoms with Crippen LogP contribution in [0.4, 0.5) is 5.69 Å². The standard InChI is InChI=1S/C26H27ClN4O3/c1-3-33-23-12-18(14-28-15-25-30-21-6-4-5-7-22(21)31-25)20(27)13-24(23)34-16-26(32)29-19-10-8-17(2)9-11-19/h4-13,28H,3,14-16H2,1-2H3,(H,29,32)(H,30,31). The Kier molecular flexibility index (Phi) is 7.67. The van der Waals surface area contributed by atoms with Gasteiger partial charge in [0.25, 0.3) is 5.91 Å². The summed E-state index contributed by atoms with van der Waals surface area (Å²) in [4.78, 5) is 20.2. The van der Waals surface area contributed by atoms with Gasteiger partial charge < -0.3 is 25.1 Å². The van der Waals surface area contributed by atoms with E-state index in [-0.39, 0.29) is 12.5 Å². The summed E-state index contributed by atoms with van der Waals surface area (Å²) in [5.74, 6) is 1.54. The number of rotatable bonds is 10. The van der Waals surface area contributed by atoms with E-state index in [2.05, 4.69) is 20.6 Å². The molecule has 34 heavy (non-hydrogen) atoms. The van der Waals surface area contributed by atoms with Gasteiger partial charge in [-0.3, -0.25) is 4.79 Å². The molecule has 3 aromatic carbocycles. The first-order chi connectivity index (χ1) is 16.5. The van der Waals surface area contributed by atoms with Crippen molar-refractivity contribution < 1.29 is 14.3 Å². The van der Waals surface area contributed by atoms with Gasteiger partial charge in [0.05, 0.1) is 24.2 Å². The molecule has 0 spiro atoms. The lowest BCUT2D eigenvalue weighted by atomic mass is 10.2. The molecular formula is C26H27ClN4O3. The lowest BCUT2D eigenvalue weighted by Crippen LogP contribution is -2.20. The second-order valence-corrected chi connectivity index (χ2v) is 8.24. The summed E-state index contributed by atoms with van der Waals surface area (Å²) < 4.78 is 11.5. The largest absolute Gasteiger partial charge is 0.490 e. The zero-order valence-electron chi connectivity index (χ0n) is 19.2. The Hall–Kier alpha value is -3.55. The van der Waals surface area contributed by atoms with Crippen LogP contribution in [0.2, 0.25) is 5.02 Å². The normalized spacial score (nSPS) is 10.9. The van der Waals surface area contributed by atoms with Crippen molar-refractivity contribution in [1.29, 1.82) is 0 Å². The molecule has 1 heterocycles. The molecule has 0 aliphatic heterocycles. The van der Waals surface area contributed by atoms with Gasteiger partial charge in [-0.05, 0) is 49.7 Å². The average Bonchev–Trinajstić information content (AvgIpc) is 3.24. The van der Waals surface area contributed by atoms with Crippen molar-refractivity contribution in [2.24, 2.45) is 0 Å². The van der Waals surface area contributed by atoms with E-state index < -0.39 is 0 Å². The van der Waals surface area contributed by atoms with E-state index >= 15 is 0 Å². The number of amides is 1. The molecule has 0 atom stereocenters. The average molecular weight is 479 g/mol. The van der Waals surface area contributed by atoms with Crippen LogP contribution in [-0.4, -0.2) is 29.1 Å². The fourth-order valence-corrected chi connectivity index (χ4v) is 3.70. The first kappa shape index (κ1) is 23.6. The van der Waals surface area contributed by atoms with E-state index in [0.717, 1.165) is 28.0 Å². The smallest absolute Gasteiger partial charge is 0.262 e. The minimum absolute atomic E-state index is 0.159. The van der Waals surface area contributed by atoms with Crippen molar-refractivity contribution in [3.63, 3.8) is 0 Å². The van der Waals surface area contributed by atoms with Crippen LogP contribution in [0, 0.1) is 6.92 Å². The van der Waals surface area contributed by atoms with E-state index in [9.17, 15) is 4.79 Å². The highest BCUT2D eigenvalue weighted by Crippen LogP contribution is 2.34. The summed E-state index contributed by atoms with van der Waals surface area (Å²) in [6, 6.07) is 19.0. The zero-order valence-corrected chi connectivity index (χ0v) is 19.9. The van der Waals surface area contributed by atoms with Crippen molar-refractivity contribution >= 4 is 34.2 Å². The van der Waals surface area contributed by atoms with Crippen molar-refractivity contribution in [2.45, 2.75) is 26.9 Å². The number of halogens is 1. The van der Waals surface area contributed by atoms with E-state index in [4.69, 9.17) is 21.1 Å². The molecule has 0 saturated heterocycles. The Morgan fingerprint density at radius 2 is 1.79 bits per heavy atom. The van der Waals surface area contributed by atoms with Crippen molar-refractivity contribution in [3.05, 3.63) is 82.6 Å². The van der Waals surface area contributed by atoms with Gasteiger partial charge >= 0.3 is 0 Å². The van der Waals surface area contributed by atoms with Crippen LogP contribution >= 0.6 is 11.6 Å². The minimum atomic E-state index is -0.265. The Morgan fingerprint density at radius 1 is 1.03 bits per heavy atom. The lowest BCUT2D eigenvalue weighted by molar-refractivity contribution is -0.118. The predicted octanol–water partition coefficient (Wildman–Crippen LogP) is 5.23. The number of carbonyl (C=O) groups is 1. The third kappa shape index (κ3) is 6.07. The number of hydrogen-bond acceptors (Lipinski definition) is 5. The molecule has 0 aliphatic rings. The van der Waals surface area contributed by atoms with Gasteiger partial charge in [0.2, 0.25) is 0 Å². The minimum Gasteiger partial charge on any atom is -0.490 e. The van der Waals surface area contributed by atoms with Gasteiger partial charge in [0.1, 0.15) is 5.82 Å². The third-order valence-electron chi connectivity index (χ3n) is 5.15. The number of aromatic nitrogens is 2. The number of aromatic amines is 1. The van der Waals surface area contributed by atoms with Gasteiger partial charge in [-0.25, -0.2) is 4.98 Å². The van der Waals surface area contributed by atoms with Crippen LogP contribution in [0.5, 0.6) is 11.5 Å². The summed E-state index contributed by atoms with van der Waals surface area (Å²) in [7, 11) is 0. The fourth-order valence-electron chi connectivity index (χ4n) is 3.48. The molecule has 0 fully saturated rings. The van der Waals surface area contributed by atoms with Crippen molar-refractivity contribution in [3.8, 4) is 11.5 Å².